The predicted molar refractivity (Wildman–Crippen MR) is 123 cm³/mol. The molecule has 0 atom stereocenters. The van der Waals surface area contributed by atoms with E-state index < -0.39 is 0 Å². The summed E-state index contributed by atoms with van der Waals surface area (Å²) < 4.78 is 5.27. The first kappa shape index (κ1) is 25.4. The molecule has 3 heteroatoms. The van der Waals surface area contributed by atoms with Crippen LogP contribution in [0.3, 0.4) is 0 Å². The summed E-state index contributed by atoms with van der Waals surface area (Å²) in [7, 11) is 0. The van der Waals surface area contributed by atoms with Crippen LogP contribution in [-0.4, -0.2) is 11.0 Å². The van der Waals surface area contributed by atoms with Crippen LogP contribution in [-0.2, 0) is 16.1 Å². The summed E-state index contributed by atoms with van der Waals surface area (Å²) in [5.41, 5.74) is 0.944. The Bertz CT molecular complexity index is 513. The molecule has 0 saturated heterocycles. The fourth-order valence-electron chi connectivity index (χ4n) is 3.41. The molecular weight excluding hydrogens is 358 g/mol. The van der Waals surface area contributed by atoms with Crippen molar-refractivity contribution in [3.05, 3.63) is 42.2 Å². The Morgan fingerprint density at radius 2 is 1.45 bits per heavy atom. The highest BCUT2D eigenvalue weighted by atomic mass is 16.5. The van der Waals surface area contributed by atoms with Crippen molar-refractivity contribution < 1.29 is 9.53 Å². The number of ether oxygens (including phenoxy) is 1. The normalized spacial score (nSPS) is 11.2. The lowest BCUT2D eigenvalue weighted by atomic mass is 10.1. The highest BCUT2D eigenvalue weighted by molar-refractivity contribution is 5.69. The average Bonchev–Trinajstić information content (AvgIpc) is 2.75. The minimum absolute atomic E-state index is 0.0936. The molecule has 0 fully saturated rings. The van der Waals surface area contributed by atoms with E-state index in [1.54, 1.807) is 12.4 Å². The molecule has 1 rings (SSSR count). The van der Waals surface area contributed by atoms with Crippen molar-refractivity contribution >= 4 is 5.97 Å². The maximum atomic E-state index is 11.7. The third-order valence-electron chi connectivity index (χ3n) is 5.27. The van der Waals surface area contributed by atoms with Gasteiger partial charge in [0.2, 0.25) is 0 Å². The molecule has 29 heavy (non-hydrogen) atoms. The summed E-state index contributed by atoms with van der Waals surface area (Å²) in [4.78, 5) is 15.7. The third-order valence-corrected chi connectivity index (χ3v) is 5.27. The monoisotopic (exact) mass is 401 g/mol. The number of hydrogen-bond acceptors (Lipinski definition) is 3. The van der Waals surface area contributed by atoms with Gasteiger partial charge in [-0.1, -0.05) is 89.4 Å². The molecule has 1 aromatic rings. The first-order valence-electron chi connectivity index (χ1n) is 12.0. The maximum Gasteiger partial charge on any atom is 0.306 e. The molecule has 0 aliphatic rings. The summed E-state index contributed by atoms with van der Waals surface area (Å²) in [6.45, 7) is 2.60. The molecule has 1 heterocycles. The molecule has 0 unspecified atom stereocenters. The molecule has 0 radical (unpaired) electrons. The Morgan fingerprint density at radius 1 is 0.862 bits per heavy atom. The van der Waals surface area contributed by atoms with Crippen molar-refractivity contribution in [2.75, 3.05) is 0 Å². The van der Waals surface area contributed by atoms with E-state index in [0.717, 1.165) is 18.4 Å². The lowest BCUT2D eigenvalue weighted by molar-refractivity contribution is -0.145. The van der Waals surface area contributed by atoms with E-state index in [4.69, 9.17) is 4.74 Å². The molecule has 0 aliphatic carbocycles. The van der Waals surface area contributed by atoms with Gasteiger partial charge < -0.3 is 4.74 Å². The Labute approximate surface area is 179 Å². The molecule has 0 saturated carbocycles. The van der Waals surface area contributed by atoms with Gasteiger partial charge in [-0.05, 0) is 38.2 Å². The van der Waals surface area contributed by atoms with Gasteiger partial charge in [0.25, 0.3) is 0 Å². The predicted octanol–water partition coefficient (Wildman–Crippen LogP) is 7.94. The molecule has 1 aromatic heterocycles. The van der Waals surface area contributed by atoms with Gasteiger partial charge in [-0.15, -0.1) is 0 Å². The minimum Gasteiger partial charge on any atom is -0.461 e. The van der Waals surface area contributed by atoms with Crippen LogP contribution in [0, 0.1) is 0 Å². The Kier molecular flexibility index (Phi) is 17.2. The summed E-state index contributed by atoms with van der Waals surface area (Å²) in [6, 6.07) is 3.78. The first-order valence-corrected chi connectivity index (χ1v) is 12.0. The second-order valence-corrected chi connectivity index (χ2v) is 8.06. The van der Waals surface area contributed by atoms with Crippen molar-refractivity contribution in [1.82, 2.24) is 4.98 Å². The fraction of sp³-hybridized carbons (Fsp3) is 0.692. The van der Waals surface area contributed by atoms with E-state index in [-0.39, 0.29) is 5.97 Å². The van der Waals surface area contributed by atoms with Crippen molar-refractivity contribution in [1.29, 1.82) is 0 Å². The van der Waals surface area contributed by atoms with Gasteiger partial charge in [0.1, 0.15) is 6.61 Å². The number of esters is 1. The molecule has 0 aliphatic heterocycles. The van der Waals surface area contributed by atoms with Crippen LogP contribution in [0.2, 0.25) is 0 Å². The quantitative estimate of drug-likeness (QED) is 0.134. The van der Waals surface area contributed by atoms with Crippen LogP contribution in [0.1, 0.15) is 115 Å². The number of carbonyl (C=O) groups is 1. The van der Waals surface area contributed by atoms with Crippen LogP contribution in [0.5, 0.6) is 0 Å². The highest BCUT2D eigenvalue weighted by Crippen LogP contribution is 2.12. The van der Waals surface area contributed by atoms with Crippen molar-refractivity contribution in [3.8, 4) is 0 Å². The second-order valence-electron chi connectivity index (χ2n) is 8.06. The third kappa shape index (κ3) is 17.0. The highest BCUT2D eigenvalue weighted by Gasteiger charge is 2.03. The number of hydrogen-bond donors (Lipinski definition) is 0. The van der Waals surface area contributed by atoms with Crippen molar-refractivity contribution in [3.63, 3.8) is 0 Å². The zero-order valence-electron chi connectivity index (χ0n) is 18.7. The zero-order valence-corrected chi connectivity index (χ0v) is 18.7. The Hall–Kier alpha value is -1.64. The van der Waals surface area contributed by atoms with Crippen LogP contribution in [0.25, 0.3) is 0 Å². The van der Waals surface area contributed by atoms with Crippen LogP contribution < -0.4 is 0 Å². The zero-order chi connectivity index (χ0) is 20.8. The number of rotatable bonds is 19. The van der Waals surface area contributed by atoms with Crippen LogP contribution in [0.4, 0.5) is 0 Å². The van der Waals surface area contributed by atoms with Crippen molar-refractivity contribution in [2.24, 2.45) is 0 Å². The molecular formula is C26H43NO2. The smallest absolute Gasteiger partial charge is 0.306 e. The molecule has 0 spiro atoms. The van der Waals surface area contributed by atoms with Crippen LogP contribution >= 0.6 is 0 Å². The molecule has 164 valence electrons. The number of aromatic nitrogens is 1. The maximum absolute atomic E-state index is 11.7. The van der Waals surface area contributed by atoms with E-state index in [1.165, 1.54) is 83.5 Å². The van der Waals surface area contributed by atoms with Crippen molar-refractivity contribution in [2.45, 2.75) is 116 Å². The number of pyridine rings is 1. The topological polar surface area (TPSA) is 39.2 Å². The number of unbranched alkanes of at least 4 members (excludes halogenated alkanes) is 13. The van der Waals surface area contributed by atoms with E-state index >= 15 is 0 Å². The number of carbonyl (C=O) groups excluding carboxylic acids is 1. The second kappa shape index (κ2) is 19.7. The largest absolute Gasteiger partial charge is 0.461 e. The standard InChI is InChI=1S/C26H43NO2/c1-2-3-4-5-6-7-8-9-10-11-12-13-14-15-16-17-18-21-26(28)29-24-25-20-19-22-27-23-25/h7-8,19-20,22-23H,2-6,9-18,21,24H2,1H3/b8-7-. The average molecular weight is 402 g/mol. The van der Waals surface area contributed by atoms with E-state index in [2.05, 4.69) is 24.1 Å². The summed E-state index contributed by atoms with van der Waals surface area (Å²) >= 11 is 0. The van der Waals surface area contributed by atoms with Crippen LogP contribution in [0.15, 0.2) is 36.7 Å². The number of nitrogens with zero attached hydrogens (tertiary/aromatic N) is 1. The van der Waals surface area contributed by atoms with Gasteiger partial charge in [-0.25, -0.2) is 0 Å². The van der Waals surface area contributed by atoms with Gasteiger partial charge in [-0.3, -0.25) is 9.78 Å². The Balaban J connectivity index is 1.77. The van der Waals surface area contributed by atoms with Gasteiger partial charge in [0.05, 0.1) is 0 Å². The molecule has 0 N–H and O–H groups in total. The summed E-state index contributed by atoms with van der Waals surface area (Å²) in [5.74, 6) is -0.0936. The summed E-state index contributed by atoms with van der Waals surface area (Å²) in [5, 5.41) is 0. The van der Waals surface area contributed by atoms with E-state index in [1.807, 2.05) is 12.1 Å². The van der Waals surface area contributed by atoms with Gasteiger partial charge >= 0.3 is 5.97 Å². The lowest BCUT2D eigenvalue weighted by Crippen LogP contribution is -2.04. The molecule has 0 aromatic carbocycles. The fourth-order valence-corrected chi connectivity index (χ4v) is 3.41. The van der Waals surface area contributed by atoms with Gasteiger partial charge in [-0.2, -0.15) is 0 Å². The van der Waals surface area contributed by atoms with E-state index in [9.17, 15) is 4.79 Å². The van der Waals surface area contributed by atoms with Gasteiger partial charge in [0, 0.05) is 24.4 Å². The summed E-state index contributed by atoms with van der Waals surface area (Å²) in [6.07, 6.45) is 28.1. The first-order chi connectivity index (χ1) is 14.3. The van der Waals surface area contributed by atoms with E-state index in [0.29, 0.717) is 13.0 Å². The SMILES string of the molecule is CCCCCC/C=C\CCCCCCCCCCCC(=O)OCc1cccnc1. The molecule has 0 bridgehead atoms. The van der Waals surface area contributed by atoms with Gasteiger partial charge in [0.15, 0.2) is 0 Å². The Morgan fingerprint density at radius 3 is 2.03 bits per heavy atom. The number of allylic oxidation sites excluding steroid dienone is 2. The molecule has 3 nitrogen and oxygen atoms in total. The molecule has 0 amide bonds. The lowest BCUT2D eigenvalue weighted by Gasteiger charge is -2.05. The minimum atomic E-state index is -0.0936.